The zero-order valence-electron chi connectivity index (χ0n) is 16.7. The molecule has 1 aliphatic heterocycles. The Morgan fingerprint density at radius 1 is 1.04 bits per heavy atom. The second-order valence-corrected chi connectivity index (χ2v) is 9.23. The van der Waals surface area contributed by atoms with Crippen LogP contribution in [-0.2, 0) is 15.0 Å². The van der Waals surface area contributed by atoms with E-state index < -0.39 is 0 Å². The molecule has 27 heavy (non-hydrogen) atoms. The lowest BCUT2D eigenvalue weighted by Crippen LogP contribution is -2.49. The third kappa shape index (κ3) is 3.28. The number of benzene rings is 1. The molecule has 0 radical (unpaired) electrons. The van der Waals surface area contributed by atoms with Crippen molar-refractivity contribution in [1.82, 2.24) is 10.2 Å². The van der Waals surface area contributed by atoms with Gasteiger partial charge in [0.1, 0.15) is 0 Å². The van der Waals surface area contributed by atoms with Gasteiger partial charge in [-0.25, -0.2) is 0 Å². The molecule has 1 spiro atoms. The number of nitrogens with one attached hydrogen (secondary N) is 1. The Balaban J connectivity index is 1.41. The molecule has 1 saturated heterocycles. The monoisotopic (exact) mass is 368 g/mol. The molecule has 1 aromatic carbocycles. The van der Waals surface area contributed by atoms with E-state index in [1.165, 1.54) is 5.56 Å². The van der Waals surface area contributed by atoms with Gasteiger partial charge >= 0.3 is 0 Å². The molecule has 2 amide bonds. The van der Waals surface area contributed by atoms with Crippen LogP contribution in [-0.4, -0.2) is 35.8 Å². The molecule has 1 N–H and O–H groups in total. The van der Waals surface area contributed by atoms with Crippen molar-refractivity contribution in [2.45, 2.75) is 70.3 Å². The predicted molar refractivity (Wildman–Crippen MR) is 106 cm³/mol. The van der Waals surface area contributed by atoms with Gasteiger partial charge in [0.15, 0.2) is 0 Å². The van der Waals surface area contributed by atoms with Crippen LogP contribution in [0.4, 0.5) is 0 Å². The third-order valence-corrected chi connectivity index (χ3v) is 7.27. The molecule has 4 nitrogen and oxygen atoms in total. The number of carbonyl (C=O) groups excluding carboxylic acids is 2. The fourth-order valence-electron chi connectivity index (χ4n) is 5.26. The summed E-state index contributed by atoms with van der Waals surface area (Å²) in [6.07, 6.45) is 7.36. The summed E-state index contributed by atoms with van der Waals surface area (Å²) < 4.78 is 0. The topological polar surface area (TPSA) is 49.4 Å². The van der Waals surface area contributed by atoms with Crippen molar-refractivity contribution in [2.75, 3.05) is 13.1 Å². The first-order chi connectivity index (χ1) is 13.0. The molecule has 1 unspecified atom stereocenters. The van der Waals surface area contributed by atoms with Gasteiger partial charge in [-0.15, -0.1) is 0 Å². The summed E-state index contributed by atoms with van der Waals surface area (Å²) in [5.74, 6) is 0.534. The van der Waals surface area contributed by atoms with Gasteiger partial charge < -0.3 is 10.2 Å². The Kier molecular flexibility index (Phi) is 4.77. The zero-order valence-corrected chi connectivity index (χ0v) is 16.7. The van der Waals surface area contributed by atoms with E-state index in [-0.39, 0.29) is 22.7 Å². The largest absolute Gasteiger partial charge is 0.353 e. The fourth-order valence-corrected chi connectivity index (χ4v) is 5.26. The number of carbonyl (C=O) groups is 2. The molecule has 1 atom stereocenters. The molecule has 0 bridgehead atoms. The molecule has 2 aliphatic carbocycles. The maximum absolute atomic E-state index is 13.6. The number of piperidine rings is 1. The van der Waals surface area contributed by atoms with Crippen LogP contribution in [0.1, 0.15) is 64.4 Å². The molecule has 0 aromatic heterocycles. The van der Waals surface area contributed by atoms with E-state index in [0.29, 0.717) is 11.9 Å². The first-order valence-electron chi connectivity index (χ1n) is 10.6. The molecule has 1 heterocycles. The van der Waals surface area contributed by atoms with Crippen molar-refractivity contribution in [3.05, 3.63) is 35.9 Å². The second-order valence-electron chi connectivity index (χ2n) is 9.23. The standard InChI is InChI=1S/C23H32N2O2/c1-17(2)20(26)24-19-16-22(19)12-14-25(15-13-22)21(27)23(10-6-7-11-23)18-8-4-3-5-9-18/h3-5,8-9,17,19H,6-7,10-16H2,1-2H3,(H,24,26). The minimum atomic E-state index is -0.305. The van der Waals surface area contributed by atoms with Crippen molar-refractivity contribution in [3.8, 4) is 0 Å². The quantitative estimate of drug-likeness (QED) is 0.882. The molecule has 3 fully saturated rings. The van der Waals surface area contributed by atoms with Crippen LogP contribution in [0.25, 0.3) is 0 Å². The lowest BCUT2D eigenvalue weighted by Gasteiger charge is -2.39. The van der Waals surface area contributed by atoms with Gasteiger partial charge in [0.05, 0.1) is 5.41 Å². The van der Waals surface area contributed by atoms with Crippen molar-refractivity contribution < 1.29 is 9.59 Å². The number of likely N-dealkylation sites (tertiary alicyclic amines) is 1. The van der Waals surface area contributed by atoms with Crippen molar-refractivity contribution in [2.24, 2.45) is 11.3 Å². The Hall–Kier alpha value is -1.84. The zero-order chi connectivity index (χ0) is 19.1. The number of rotatable bonds is 4. The summed E-state index contributed by atoms with van der Waals surface area (Å²) in [6, 6.07) is 10.7. The van der Waals surface area contributed by atoms with Crippen LogP contribution < -0.4 is 5.32 Å². The van der Waals surface area contributed by atoms with Gasteiger partial charge in [-0.3, -0.25) is 9.59 Å². The van der Waals surface area contributed by atoms with Crippen LogP contribution in [0.2, 0.25) is 0 Å². The number of nitrogens with zero attached hydrogens (tertiary/aromatic N) is 1. The molecule has 4 rings (SSSR count). The Labute approximate surface area is 162 Å². The van der Waals surface area contributed by atoms with Crippen molar-refractivity contribution in [1.29, 1.82) is 0 Å². The highest BCUT2D eigenvalue weighted by atomic mass is 16.2. The number of hydrogen-bond acceptors (Lipinski definition) is 2. The Morgan fingerprint density at radius 3 is 2.26 bits per heavy atom. The van der Waals surface area contributed by atoms with Crippen LogP contribution in [0.15, 0.2) is 30.3 Å². The molecular formula is C23H32N2O2. The van der Waals surface area contributed by atoms with Crippen molar-refractivity contribution in [3.63, 3.8) is 0 Å². The number of hydrogen-bond donors (Lipinski definition) is 1. The van der Waals surface area contributed by atoms with Crippen molar-refractivity contribution >= 4 is 11.8 Å². The highest BCUT2D eigenvalue weighted by molar-refractivity contribution is 5.88. The van der Waals surface area contributed by atoms with E-state index in [4.69, 9.17) is 0 Å². The molecule has 146 valence electrons. The van der Waals surface area contributed by atoms with Gasteiger partial charge in [0.2, 0.25) is 11.8 Å². The molecular weight excluding hydrogens is 336 g/mol. The predicted octanol–water partition coefficient (Wildman–Crippen LogP) is 3.65. The van der Waals surface area contributed by atoms with Crippen LogP contribution in [0.3, 0.4) is 0 Å². The Morgan fingerprint density at radius 2 is 1.67 bits per heavy atom. The van der Waals surface area contributed by atoms with Gasteiger partial charge in [-0.2, -0.15) is 0 Å². The second kappa shape index (κ2) is 6.96. The number of amides is 2. The Bertz CT molecular complexity index is 698. The minimum Gasteiger partial charge on any atom is -0.353 e. The summed E-state index contributed by atoms with van der Waals surface area (Å²) in [5.41, 5.74) is 1.14. The average Bonchev–Trinajstić information content (AvgIpc) is 3.11. The summed E-state index contributed by atoms with van der Waals surface area (Å²) in [7, 11) is 0. The smallest absolute Gasteiger partial charge is 0.233 e. The normalized spacial score (nSPS) is 25.6. The summed E-state index contributed by atoms with van der Waals surface area (Å²) in [6.45, 7) is 5.55. The average molecular weight is 369 g/mol. The minimum absolute atomic E-state index is 0.0393. The van der Waals surface area contributed by atoms with E-state index in [1.807, 2.05) is 19.9 Å². The van der Waals surface area contributed by atoms with E-state index in [9.17, 15) is 9.59 Å². The van der Waals surface area contributed by atoms with E-state index in [0.717, 1.165) is 58.0 Å². The SMILES string of the molecule is CC(C)C(=O)NC1CC12CCN(C(=O)C1(c3ccccc3)CCCC1)CC2. The molecule has 1 aromatic rings. The molecule has 2 saturated carbocycles. The van der Waals surface area contributed by atoms with E-state index >= 15 is 0 Å². The van der Waals surface area contributed by atoms with E-state index in [2.05, 4.69) is 34.5 Å². The fraction of sp³-hybridized carbons (Fsp3) is 0.652. The summed E-state index contributed by atoms with van der Waals surface area (Å²) in [4.78, 5) is 27.7. The first kappa shape index (κ1) is 18.5. The maximum Gasteiger partial charge on any atom is 0.233 e. The van der Waals surface area contributed by atoms with Gasteiger partial charge in [-0.05, 0) is 43.1 Å². The third-order valence-electron chi connectivity index (χ3n) is 7.27. The van der Waals surface area contributed by atoms with Gasteiger partial charge in [0.25, 0.3) is 0 Å². The first-order valence-corrected chi connectivity index (χ1v) is 10.6. The molecule has 3 aliphatic rings. The van der Waals surface area contributed by atoms with Gasteiger partial charge in [0, 0.05) is 25.0 Å². The lowest BCUT2D eigenvalue weighted by molar-refractivity contribution is -0.139. The highest BCUT2D eigenvalue weighted by Gasteiger charge is 2.57. The lowest BCUT2D eigenvalue weighted by atomic mass is 9.77. The maximum atomic E-state index is 13.6. The van der Waals surface area contributed by atoms with Crippen LogP contribution in [0.5, 0.6) is 0 Å². The van der Waals surface area contributed by atoms with Crippen LogP contribution in [0, 0.1) is 11.3 Å². The molecule has 4 heteroatoms. The highest BCUT2D eigenvalue weighted by Crippen LogP contribution is 2.54. The van der Waals surface area contributed by atoms with E-state index in [1.54, 1.807) is 0 Å². The van der Waals surface area contributed by atoms with Gasteiger partial charge in [-0.1, -0.05) is 57.0 Å². The van der Waals surface area contributed by atoms with Crippen LogP contribution >= 0.6 is 0 Å². The summed E-state index contributed by atoms with van der Waals surface area (Å²) in [5, 5.41) is 3.20. The summed E-state index contributed by atoms with van der Waals surface area (Å²) >= 11 is 0.